The van der Waals surface area contributed by atoms with Crippen molar-refractivity contribution in [1.82, 2.24) is 10.3 Å². The summed E-state index contributed by atoms with van der Waals surface area (Å²) in [7, 11) is 0. The molecule has 1 aromatic heterocycles. The van der Waals surface area contributed by atoms with Crippen molar-refractivity contribution in [3.63, 3.8) is 0 Å². The molecule has 0 aromatic carbocycles. The first-order valence-corrected chi connectivity index (χ1v) is 4.73. The second-order valence-corrected chi connectivity index (χ2v) is 3.69. The van der Waals surface area contributed by atoms with E-state index in [1.807, 2.05) is 0 Å². The van der Waals surface area contributed by atoms with Crippen molar-refractivity contribution in [2.24, 2.45) is 0 Å². The summed E-state index contributed by atoms with van der Waals surface area (Å²) in [5.41, 5.74) is 1.36. The van der Waals surface area contributed by atoms with Gasteiger partial charge in [0.05, 0.1) is 12.1 Å². The highest BCUT2D eigenvalue weighted by Crippen LogP contribution is 2.35. The van der Waals surface area contributed by atoms with E-state index in [0.717, 1.165) is 11.3 Å². The molecule has 0 aliphatic carbocycles. The number of amides is 1. The van der Waals surface area contributed by atoms with Crippen LogP contribution in [0.3, 0.4) is 0 Å². The van der Waals surface area contributed by atoms with E-state index in [1.165, 1.54) is 17.0 Å². The summed E-state index contributed by atoms with van der Waals surface area (Å²) < 4.78 is 60.0. The van der Waals surface area contributed by atoms with Crippen LogP contribution in [0.15, 0.2) is 11.7 Å². The molecule has 1 amide bonds. The van der Waals surface area contributed by atoms with E-state index >= 15 is 0 Å². The maximum atomic E-state index is 12.4. The molecule has 1 aromatic rings. The quantitative estimate of drug-likeness (QED) is 0.844. The Morgan fingerprint density at radius 1 is 1.38 bits per heavy atom. The van der Waals surface area contributed by atoms with Gasteiger partial charge in [-0.3, -0.25) is 9.78 Å². The number of thiazole rings is 1. The number of alkyl halides is 5. The van der Waals surface area contributed by atoms with Gasteiger partial charge in [0.25, 0.3) is 0 Å². The van der Waals surface area contributed by atoms with E-state index in [2.05, 4.69) is 4.98 Å². The van der Waals surface area contributed by atoms with E-state index < -0.39 is 24.6 Å². The fourth-order valence-corrected chi connectivity index (χ4v) is 1.27. The van der Waals surface area contributed by atoms with Crippen molar-refractivity contribution in [3.05, 3.63) is 16.6 Å². The van der Waals surface area contributed by atoms with Gasteiger partial charge in [0.15, 0.2) is 0 Å². The molecule has 90 valence electrons. The molecule has 0 saturated carbocycles. The van der Waals surface area contributed by atoms with Gasteiger partial charge in [-0.05, 0) is 0 Å². The maximum Gasteiger partial charge on any atom is 0.463 e. The third-order valence-corrected chi connectivity index (χ3v) is 2.33. The highest BCUT2D eigenvalue weighted by molar-refractivity contribution is 7.09. The third-order valence-electron chi connectivity index (χ3n) is 1.55. The smallest absolute Gasteiger partial charge is 0.346 e. The van der Waals surface area contributed by atoms with Gasteiger partial charge in [-0.15, -0.1) is 11.3 Å². The molecule has 0 aliphatic heterocycles. The Kier molecular flexibility index (Phi) is 3.46. The molecule has 0 fully saturated rings. The first kappa shape index (κ1) is 12.8. The Hall–Kier alpha value is -1.25. The summed E-state index contributed by atoms with van der Waals surface area (Å²) in [5.74, 6) is -7.74. The second kappa shape index (κ2) is 4.32. The molecule has 1 rings (SSSR count). The molecule has 16 heavy (non-hydrogen) atoms. The minimum atomic E-state index is -5.88. The number of carbonyl (C=O) groups is 1. The lowest BCUT2D eigenvalue weighted by molar-refractivity contribution is -0.269. The van der Waals surface area contributed by atoms with Crippen molar-refractivity contribution in [3.8, 4) is 0 Å². The van der Waals surface area contributed by atoms with Crippen LogP contribution in [0.1, 0.15) is 4.88 Å². The van der Waals surface area contributed by atoms with Crippen molar-refractivity contribution in [1.29, 1.82) is 0 Å². The molecule has 3 nitrogen and oxygen atoms in total. The van der Waals surface area contributed by atoms with Crippen LogP contribution >= 0.6 is 11.3 Å². The number of nitrogens with one attached hydrogen (secondary N) is 1. The molecule has 0 spiro atoms. The largest absolute Gasteiger partial charge is 0.463 e. The summed E-state index contributed by atoms with van der Waals surface area (Å²) in [5, 5.41) is 1.49. The van der Waals surface area contributed by atoms with Crippen molar-refractivity contribution in [2.75, 3.05) is 0 Å². The lowest BCUT2D eigenvalue weighted by atomic mass is 10.3. The molecule has 9 heteroatoms. The Bertz CT molecular complexity index is 361. The molecule has 0 unspecified atom stereocenters. The number of aromatic nitrogens is 1. The lowest BCUT2D eigenvalue weighted by Crippen LogP contribution is -2.50. The molecule has 0 atom stereocenters. The number of rotatable bonds is 3. The van der Waals surface area contributed by atoms with Gasteiger partial charge >= 0.3 is 18.0 Å². The number of hydrogen-bond donors (Lipinski definition) is 1. The highest BCUT2D eigenvalue weighted by atomic mass is 32.1. The van der Waals surface area contributed by atoms with E-state index in [0.29, 0.717) is 4.88 Å². The van der Waals surface area contributed by atoms with Gasteiger partial charge in [0.2, 0.25) is 0 Å². The number of hydrogen-bond acceptors (Lipinski definition) is 3. The van der Waals surface area contributed by atoms with Crippen molar-refractivity contribution >= 4 is 17.2 Å². The van der Waals surface area contributed by atoms with Crippen LogP contribution < -0.4 is 5.32 Å². The average molecular weight is 260 g/mol. The monoisotopic (exact) mass is 260 g/mol. The van der Waals surface area contributed by atoms with Gasteiger partial charge in [-0.25, -0.2) is 0 Å². The van der Waals surface area contributed by atoms with E-state index in [1.54, 1.807) is 0 Å². The summed E-state index contributed by atoms with van der Waals surface area (Å²) in [4.78, 5) is 14.6. The molecular weight excluding hydrogens is 255 g/mol. The summed E-state index contributed by atoms with van der Waals surface area (Å²) >= 11 is 1.03. The Balaban J connectivity index is 2.59. The standard InChI is InChI=1S/C7H5F5N2OS/c8-6(9,7(10,11)12)5(15)14-2-4-1-13-3-16-4/h1,3H,2H2,(H,14,15). The third kappa shape index (κ3) is 2.65. The van der Waals surface area contributed by atoms with Crippen LogP contribution in [-0.2, 0) is 11.3 Å². The normalized spacial score (nSPS) is 12.6. The lowest BCUT2D eigenvalue weighted by Gasteiger charge is -2.18. The molecule has 0 saturated heterocycles. The van der Waals surface area contributed by atoms with Gasteiger partial charge in [0, 0.05) is 11.1 Å². The highest BCUT2D eigenvalue weighted by Gasteiger charge is 2.63. The zero-order valence-electron chi connectivity index (χ0n) is 7.52. The first-order valence-electron chi connectivity index (χ1n) is 3.85. The summed E-state index contributed by atoms with van der Waals surface area (Å²) in [6, 6.07) is 0. The fourth-order valence-electron chi connectivity index (χ4n) is 0.737. The Morgan fingerprint density at radius 3 is 2.44 bits per heavy atom. The topological polar surface area (TPSA) is 42.0 Å². The molecule has 0 aliphatic rings. The van der Waals surface area contributed by atoms with Gasteiger partial charge in [-0.2, -0.15) is 22.0 Å². The van der Waals surface area contributed by atoms with Crippen molar-refractivity contribution < 1.29 is 26.7 Å². The number of carbonyl (C=O) groups excluding carboxylic acids is 1. The first-order chi connectivity index (χ1) is 7.25. The van der Waals surface area contributed by atoms with E-state index in [9.17, 15) is 26.7 Å². The van der Waals surface area contributed by atoms with Crippen LogP contribution in [0, 0.1) is 0 Å². The number of halogens is 5. The average Bonchev–Trinajstić information content (AvgIpc) is 2.64. The van der Waals surface area contributed by atoms with E-state index in [4.69, 9.17) is 0 Å². The van der Waals surface area contributed by atoms with Crippen LogP contribution in [-0.4, -0.2) is 23.0 Å². The van der Waals surface area contributed by atoms with Crippen LogP contribution in [0.2, 0.25) is 0 Å². The SMILES string of the molecule is O=C(NCc1cncs1)C(F)(F)C(F)(F)F. The maximum absolute atomic E-state index is 12.4. The zero-order valence-corrected chi connectivity index (χ0v) is 8.33. The molecule has 0 radical (unpaired) electrons. The second-order valence-electron chi connectivity index (χ2n) is 2.72. The van der Waals surface area contributed by atoms with Gasteiger partial charge in [0.1, 0.15) is 0 Å². The van der Waals surface area contributed by atoms with Crippen LogP contribution in [0.4, 0.5) is 22.0 Å². The zero-order chi connectivity index (χ0) is 12.4. The molecule has 1 N–H and O–H groups in total. The summed E-state index contributed by atoms with van der Waals surface area (Å²) in [6.45, 7) is -0.408. The van der Waals surface area contributed by atoms with Crippen LogP contribution in [0.25, 0.3) is 0 Å². The Labute approximate surface area is 90.3 Å². The van der Waals surface area contributed by atoms with Crippen LogP contribution in [0.5, 0.6) is 0 Å². The number of nitrogens with zero attached hydrogens (tertiary/aromatic N) is 1. The minimum absolute atomic E-state index is 0.381. The van der Waals surface area contributed by atoms with Gasteiger partial charge < -0.3 is 5.32 Å². The Morgan fingerprint density at radius 2 is 2.00 bits per heavy atom. The van der Waals surface area contributed by atoms with Gasteiger partial charge in [-0.1, -0.05) is 0 Å². The van der Waals surface area contributed by atoms with E-state index in [-0.39, 0.29) is 0 Å². The summed E-state index contributed by atoms with van der Waals surface area (Å²) in [6.07, 6.45) is -4.62. The minimum Gasteiger partial charge on any atom is -0.346 e. The molecular formula is C7H5F5N2OS. The fraction of sp³-hybridized carbons (Fsp3) is 0.429. The molecule has 0 bridgehead atoms. The predicted molar refractivity (Wildman–Crippen MR) is 45.0 cm³/mol. The van der Waals surface area contributed by atoms with Crippen molar-refractivity contribution in [2.45, 2.75) is 18.6 Å². The molecule has 1 heterocycles. The predicted octanol–water partition coefficient (Wildman–Crippen LogP) is 1.96.